The van der Waals surface area contributed by atoms with Crippen LogP contribution in [0, 0.1) is 0 Å². The number of amides is 1. The molecule has 2 unspecified atom stereocenters. The van der Waals surface area contributed by atoms with Crippen LogP contribution in [0.4, 0.5) is 10.5 Å². The molecule has 3 aliphatic rings. The molecule has 3 N–H and O–H groups in total. The Morgan fingerprint density at radius 2 is 2.07 bits per heavy atom. The van der Waals surface area contributed by atoms with E-state index in [0.717, 1.165) is 40.2 Å². The van der Waals surface area contributed by atoms with Crippen LogP contribution in [0.3, 0.4) is 0 Å². The quantitative estimate of drug-likeness (QED) is 0.831. The third-order valence-corrected chi connectivity index (χ3v) is 5.54. The van der Waals surface area contributed by atoms with Crippen molar-refractivity contribution in [1.29, 1.82) is 0 Å². The van der Waals surface area contributed by atoms with Gasteiger partial charge in [0.2, 0.25) is 0 Å². The Balaban J connectivity index is 1.39. The number of nitrogens with two attached hydrogens (primary N) is 1. The maximum atomic E-state index is 12.2. The molecule has 5 rings (SSSR count). The average molecular weight is 380 g/mol. The highest BCUT2D eigenvalue weighted by molar-refractivity contribution is 6.00. The fourth-order valence-electron chi connectivity index (χ4n) is 4.07. The lowest BCUT2D eigenvalue weighted by Gasteiger charge is -2.14. The van der Waals surface area contributed by atoms with E-state index in [2.05, 4.69) is 16.2 Å². The molecule has 1 amide bonds. The van der Waals surface area contributed by atoms with Crippen molar-refractivity contribution >= 4 is 17.5 Å². The number of hydrogen-bond donors (Lipinski definition) is 2. The number of nitrogens with zero attached hydrogens (tertiary/aromatic N) is 3. The summed E-state index contributed by atoms with van der Waals surface area (Å²) >= 11 is 0. The molecule has 0 saturated carbocycles. The molecule has 8 nitrogen and oxygen atoms in total. The van der Waals surface area contributed by atoms with Crippen molar-refractivity contribution in [1.82, 2.24) is 4.98 Å². The summed E-state index contributed by atoms with van der Waals surface area (Å²) in [6, 6.07) is 9.92. The lowest BCUT2D eigenvalue weighted by molar-refractivity contribution is 0.0390. The van der Waals surface area contributed by atoms with E-state index in [4.69, 9.17) is 20.4 Å². The van der Waals surface area contributed by atoms with E-state index in [9.17, 15) is 4.79 Å². The van der Waals surface area contributed by atoms with Crippen molar-refractivity contribution in [2.24, 2.45) is 10.9 Å². The number of aromatic nitrogens is 1. The summed E-state index contributed by atoms with van der Waals surface area (Å²) in [7, 11) is 0. The zero-order valence-corrected chi connectivity index (χ0v) is 15.1. The number of aliphatic hydroxyl groups is 1. The van der Waals surface area contributed by atoms with Crippen LogP contribution in [0.25, 0.3) is 11.1 Å². The summed E-state index contributed by atoms with van der Waals surface area (Å²) in [5.41, 5.74) is 11.3. The van der Waals surface area contributed by atoms with E-state index in [1.807, 2.05) is 24.3 Å². The predicted molar refractivity (Wildman–Crippen MR) is 102 cm³/mol. The largest absolute Gasteiger partial charge is 0.442 e. The summed E-state index contributed by atoms with van der Waals surface area (Å²) in [5, 5.41) is 13.1. The number of hydrogen-bond acceptors (Lipinski definition) is 7. The Hall–Kier alpha value is -2.97. The van der Waals surface area contributed by atoms with Gasteiger partial charge in [-0.1, -0.05) is 17.3 Å². The first-order valence-electron chi connectivity index (χ1n) is 9.31. The number of carbonyl (C=O) groups excluding carboxylic acids is 1. The van der Waals surface area contributed by atoms with Gasteiger partial charge in [-0.15, -0.1) is 0 Å². The van der Waals surface area contributed by atoms with E-state index in [-0.39, 0.29) is 30.9 Å². The number of anilines is 1. The minimum absolute atomic E-state index is 0.0249. The summed E-state index contributed by atoms with van der Waals surface area (Å²) in [4.78, 5) is 23.5. The van der Waals surface area contributed by atoms with Crippen molar-refractivity contribution in [3.05, 3.63) is 47.8 Å². The Morgan fingerprint density at radius 1 is 1.21 bits per heavy atom. The maximum Gasteiger partial charge on any atom is 0.415 e. The second-order valence-electron chi connectivity index (χ2n) is 7.23. The molecule has 8 heteroatoms. The molecule has 1 aromatic heterocycles. The molecular weight excluding hydrogens is 360 g/mol. The van der Waals surface area contributed by atoms with Crippen LogP contribution in [0.15, 0.2) is 41.7 Å². The molecule has 0 spiro atoms. The highest BCUT2D eigenvalue weighted by Gasteiger charge is 2.46. The predicted octanol–water partition coefficient (Wildman–Crippen LogP) is 1.44. The van der Waals surface area contributed by atoms with E-state index < -0.39 is 0 Å². The van der Waals surface area contributed by atoms with Crippen molar-refractivity contribution in [3.8, 4) is 11.1 Å². The van der Waals surface area contributed by atoms with Crippen LogP contribution in [-0.2, 0) is 16.0 Å². The van der Waals surface area contributed by atoms with E-state index >= 15 is 0 Å². The highest BCUT2D eigenvalue weighted by atomic mass is 16.6. The molecule has 0 radical (unpaired) electrons. The molecule has 0 bridgehead atoms. The molecule has 3 atom stereocenters. The molecule has 4 heterocycles. The fourth-order valence-corrected chi connectivity index (χ4v) is 4.07. The zero-order valence-electron chi connectivity index (χ0n) is 15.1. The van der Waals surface area contributed by atoms with E-state index in [0.29, 0.717) is 13.0 Å². The number of aliphatic hydroxyl groups excluding tert-OH is 1. The van der Waals surface area contributed by atoms with Gasteiger partial charge < -0.3 is 20.4 Å². The van der Waals surface area contributed by atoms with Crippen molar-refractivity contribution in [2.75, 3.05) is 18.1 Å². The third kappa shape index (κ3) is 2.64. The molecule has 144 valence electrons. The lowest BCUT2D eigenvalue weighted by atomic mass is 10.0. The van der Waals surface area contributed by atoms with Gasteiger partial charge >= 0.3 is 6.09 Å². The molecule has 2 aromatic rings. The van der Waals surface area contributed by atoms with Gasteiger partial charge in [-0.05, 0) is 35.7 Å². The number of rotatable bonds is 4. The van der Waals surface area contributed by atoms with Gasteiger partial charge in [-0.2, -0.15) is 0 Å². The molecule has 3 aliphatic heterocycles. The number of fused-ring (bicyclic) bond motifs is 3. The Morgan fingerprint density at radius 3 is 2.79 bits per heavy atom. The van der Waals surface area contributed by atoms with Crippen LogP contribution >= 0.6 is 0 Å². The van der Waals surface area contributed by atoms with Gasteiger partial charge in [0, 0.05) is 24.7 Å². The van der Waals surface area contributed by atoms with Crippen LogP contribution in [-0.4, -0.2) is 53.3 Å². The van der Waals surface area contributed by atoms with Crippen molar-refractivity contribution in [2.45, 2.75) is 31.1 Å². The topological polar surface area (TPSA) is 110 Å². The smallest absolute Gasteiger partial charge is 0.415 e. The van der Waals surface area contributed by atoms with Gasteiger partial charge in [0.05, 0.1) is 24.0 Å². The maximum absolute atomic E-state index is 12.2. The Kier molecular flexibility index (Phi) is 4.03. The third-order valence-electron chi connectivity index (χ3n) is 5.54. The van der Waals surface area contributed by atoms with Crippen LogP contribution in [0.5, 0.6) is 0 Å². The van der Waals surface area contributed by atoms with Gasteiger partial charge in [0.1, 0.15) is 11.8 Å². The highest BCUT2D eigenvalue weighted by Crippen LogP contribution is 2.40. The second kappa shape index (κ2) is 6.57. The minimum Gasteiger partial charge on any atom is -0.442 e. The number of cyclic esters (lactones) is 1. The first kappa shape index (κ1) is 17.2. The normalized spacial score (nSPS) is 25.2. The summed E-state index contributed by atoms with van der Waals surface area (Å²) < 4.78 is 5.34. The summed E-state index contributed by atoms with van der Waals surface area (Å²) in [6.45, 7) is 0.265. The van der Waals surface area contributed by atoms with Crippen LogP contribution in [0.2, 0.25) is 0 Å². The molecule has 1 saturated heterocycles. The number of ether oxygens (including phenoxy) is 1. The number of benzene rings is 1. The van der Waals surface area contributed by atoms with Gasteiger partial charge in [0.15, 0.2) is 6.10 Å². The summed E-state index contributed by atoms with van der Waals surface area (Å²) in [5.74, 6) is 0. The van der Waals surface area contributed by atoms with Crippen molar-refractivity contribution < 1.29 is 19.5 Å². The second-order valence-corrected chi connectivity index (χ2v) is 7.23. The van der Waals surface area contributed by atoms with Crippen molar-refractivity contribution in [3.63, 3.8) is 0 Å². The summed E-state index contributed by atoms with van der Waals surface area (Å²) in [6.07, 6.45) is 2.22. The lowest BCUT2D eigenvalue weighted by Crippen LogP contribution is -2.37. The number of oxime groups is 1. The monoisotopic (exact) mass is 380 g/mol. The van der Waals surface area contributed by atoms with E-state index in [1.165, 1.54) is 0 Å². The fraction of sp³-hybridized carbons (Fsp3) is 0.350. The SMILES string of the molecule is NCC1OC(=O)N2c3ccc(-c4ccc(C5=NOC(CO)C5)nc4)cc3C[C@@H]12. The molecule has 1 fully saturated rings. The Bertz CT molecular complexity index is 959. The zero-order chi connectivity index (χ0) is 19.3. The molecule has 0 aliphatic carbocycles. The number of carbonyl (C=O) groups is 1. The van der Waals surface area contributed by atoms with Crippen LogP contribution in [0.1, 0.15) is 17.7 Å². The Labute approximate surface area is 161 Å². The minimum atomic E-state index is -0.321. The van der Waals surface area contributed by atoms with Gasteiger partial charge in [0.25, 0.3) is 0 Å². The first-order valence-corrected chi connectivity index (χ1v) is 9.31. The molecule has 28 heavy (non-hydrogen) atoms. The first-order chi connectivity index (χ1) is 13.7. The van der Waals surface area contributed by atoms with E-state index in [1.54, 1.807) is 11.1 Å². The molecule has 1 aromatic carbocycles. The van der Waals surface area contributed by atoms with Gasteiger partial charge in [-0.3, -0.25) is 9.88 Å². The van der Waals surface area contributed by atoms with Gasteiger partial charge in [-0.25, -0.2) is 4.79 Å². The van der Waals surface area contributed by atoms with Crippen LogP contribution < -0.4 is 10.6 Å². The number of pyridine rings is 1. The average Bonchev–Trinajstić information content (AvgIpc) is 3.42. The standard InChI is InChI=1S/C20H20N4O4/c21-8-19-18-6-13-5-11(2-4-17(13)24(18)20(26)27-19)12-1-3-15(22-9-12)16-7-14(10-25)28-23-16/h1-5,9,14,18-19,25H,6-8,10,21H2/t14?,18-,19?/m0/s1. The molecular formula is C20H20N4O4.